The number of alkyl halides is 8. The summed E-state index contributed by atoms with van der Waals surface area (Å²) >= 11 is 0. The molecule has 0 amide bonds. The van der Waals surface area contributed by atoms with Crippen LogP contribution in [-0.4, -0.2) is 90.2 Å². The highest BCUT2D eigenvalue weighted by Crippen LogP contribution is 2.33. The molecule has 75 heavy (non-hydrogen) atoms. The molecule has 8 rings (SSSR count). The lowest BCUT2D eigenvalue weighted by molar-refractivity contribution is -0.138. The highest BCUT2D eigenvalue weighted by molar-refractivity contribution is 8.13. The molecule has 2 fully saturated rings. The Morgan fingerprint density at radius 1 is 0.613 bits per heavy atom. The average molecular weight is 1120 g/mol. The number of aromatic nitrogens is 4. The Labute approximate surface area is 424 Å². The summed E-state index contributed by atoms with van der Waals surface area (Å²) in [5.74, 6) is -3.73. The molecule has 0 unspecified atom stereocenters. The van der Waals surface area contributed by atoms with Crippen LogP contribution < -0.4 is 5.32 Å². The van der Waals surface area contributed by atoms with Crippen molar-refractivity contribution in [2.24, 2.45) is 0 Å². The van der Waals surface area contributed by atoms with Crippen LogP contribution in [0.25, 0.3) is 22.5 Å². The predicted molar refractivity (Wildman–Crippen MR) is 246 cm³/mol. The molecule has 4 aromatic heterocycles. The molecule has 0 aliphatic carbocycles. The number of pyridine rings is 4. The molecule has 2 saturated heterocycles. The fourth-order valence-corrected chi connectivity index (χ4v) is 9.97. The smallest absolute Gasteiger partial charge is 0.304 e. The second-order valence-corrected chi connectivity index (χ2v) is 21.2. The van der Waals surface area contributed by atoms with Crippen LogP contribution >= 0.6 is 10.7 Å². The zero-order valence-electron chi connectivity index (χ0n) is 38.3. The lowest BCUT2D eigenvalue weighted by Crippen LogP contribution is -2.40. The first-order valence-corrected chi connectivity index (χ1v) is 25.8. The third-order valence-electron chi connectivity index (χ3n) is 11.3. The summed E-state index contributed by atoms with van der Waals surface area (Å²) in [6, 6.07) is 15.1. The molecule has 4 atom stereocenters. The quantitative estimate of drug-likeness (QED) is 0.0664. The van der Waals surface area contributed by atoms with Gasteiger partial charge in [-0.25, -0.2) is 44.4 Å². The van der Waals surface area contributed by atoms with Crippen molar-refractivity contribution in [2.45, 2.75) is 85.1 Å². The molecule has 2 aliphatic heterocycles. The number of carbonyl (C=O) groups is 2. The first kappa shape index (κ1) is 57.9. The summed E-state index contributed by atoms with van der Waals surface area (Å²) in [6.07, 6.45) is -10.9. The topological polar surface area (TPSA) is 169 Å². The van der Waals surface area contributed by atoms with Gasteiger partial charge in [0.25, 0.3) is 9.05 Å². The summed E-state index contributed by atoms with van der Waals surface area (Å²) in [6.45, 7) is -0.406. The van der Waals surface area contributed by atoms with Gasteiger partial charge in [0.15, 0.2) is 5.78 Å². The number of hydrogen-bond acceptors (Lipinski definition) is 11. The molecule has 0 saturated carbocycles. The van der Waals surface area contributed by atoms with Crippen LogP contribution in [-0.2, 0) is 53.9 Å². The van der Waals surface area contributed by atoms with Crippen LogP contribution in [0.3, 0.4) is 0 Å². The van der Waals surface area contributed by atoms with E-state index >= 15 is 0 Å². The van der Waals surface area contributed by atoms with E-state index in [9.17, 15) is 79.1 Å². The number of nitrogens with one attached hydrogen (secondary N) is 1. The number of nitrogens with zero attached hydrogens (tertiary/aromatic N) is 5. The lowest BCUT2D eigenvalue weighted by atomic mass is 10.0. The van der Waals surface area contributed by atoms with Crippen molar-refractivity contribution in [3.8, 4) is 22.5 Å². The van der Waals surface area contributed by atoms with Gasteiger partial charge < -0.3 is 5.32 Å². The van der Waals surface area contributed by atoms with Crippen molar-refractivity contribution < 1.29 is 79.1 Å². The molecule has 1 N–H and O–H groups in total. The maximum atomic E-state index is 14.2. The van der Waals surface area contributed by atoms with E-state index in [2.05, 4.69) is 25.3 Å². The Bertz CT molecular complexity index is 3200. The van der Waals surface area contributed by atoms with Crippen molar-refractivity contribution in [3.05, 3.63) is 156 Å². The minimum absolute atomic E-state index is 0.0505. The van der Waals surface area contributed by atoms with E-state index in [0.29, 0.717) is 12.4 Å². The number of ketones is 2. The van der Waals surface area contributed by atoms with E-state index in [-0.39, 0.29) is 94.5 Å². The number of halogens is 13. The van der Waals surface area contributed by atoms with Crippen LogP contribution in [0.5, 0.6) is 0 Å². The van der Waals surface area contributed by atoms with E-state index in [1.807, 2.05) is 0 Å². The maximum absolute atomic E-state index is 14.2. The predicted octanol–water partition coefficient (Wildman–Crippen LogP) is 10.00. The minimum Gasteiger partial charge on any atom is -0.304 e. The van der Waals surface area contributed by atoms with Crippen molar-refractivity contribution in [2.75, 3.05) is 13.1 Å². The van der Waals surface area contributed by atoms with Crippen LogP contribution in [0.2, 0.25) is 0 Å². The van der Waals surface area contributed by atoms with Crippen LogP contribution in [0.15, 0.2) is 119 Å². The third kappa shape index (κ3) is 16.1. The van der Waals surface area contributed by atoms with E-state index in [1.54, 1.807) is 0 Å². The first-order valence-electron chi connectivity index (χ1n) is 22.0. The zero-order valence-corrected chi connectivity index (χ0v) is 40.7. The van der Waals surface area contributed by atoms with Gasteiger partial charge in [0, 0.05) is 96.5 Å². The Morgan fingerprint density at radius 2 is 1.07 bits per heavy atom. The minimum atomic E-state index is -4.59. The van der Waals surface area contributed by atoms with Crippen molar-refractivity contribution in [1.82, 2.24) is 29.6 Å². The lowest BCUT2D eigenvalue weighted by Gasteiger charge is -2.22. The van der Waals surface area contributed by atoms with Crippen molar-refractivity contribution in [1.29, 1.82) is 0 Å². The Hall–Kier alpha value is -6.35. The van der Waals surface area contributed by atoms with E-state index in [4.69, 9.17) is 10.7 Å². The average Bonchev–Trinajstić information content (AvgIpc) is 3.98. The number of rotatable bonds is 13. The summed E-state index contributed by atoms with van der Waals surface area (Å²) in [5.41, 5.74) is -0.914. The third-order valence-corrected chi connectivity index (χ3v) is 14.5. The van der Waals surface area contributed by atoms with Gasteiger partial charge in [0.2, 0.25) is 21.9 Å². The van der Waals surface area contributed by atoms with Gasteiger partial charge in [-0.15, -0.1) is 0 Å². The summed E-state index contributed by atoms with van der Waals surface area (Å²) in [5, 5.41) is 2.79. The second kappa shape index (κ2) is 24.1. The van der Waals surface area contributed by atoms with Gasteiger partial charge in [-0.3, -0.25) is 19.6 Å². The number of benzene rings is 2. The SMILES string of the molecule is O=C(CCc1cc(-c2ccc(C(F)(F)F)cn2)cc(F)n1)[C@@H]1C[C@@H](F)CN1.O=C(CCc1cc(-c2ccc(C(F)(F)F)cn2)cc(F)n1)[C@@H]1C[C@@H](F)CN1S(=O)(=O)c1ccc(F)cc1.O=S(=O)(Cl)c1ccc(F)cc1. The highest BCUT2D eigenvalue weighted by Gasteiger charge is 2.44. The molecular weight excluding hydrogens is 1080 g/mol. The maximum Gasteiger partial charge on any atom is 0.417 e. The molecule has 27 heteroatoms. The summed E-state index contributed by atoms with van der Waals surface area (Å²) in [4.78, 5) is 39.4. The molecule has 2 aromatic carbocycles. The fourth-order valence-electron chi connectivity index (χ4n) is 7.55. The van der Waals surface area contributed by atoms with Crippen molar-refractivity contribution >= 4 is 41.3 Å². The monoisotopic (exact) mass is 1120 g/mol. The number of hydrogen-bond donors (Lipinski definition) is 1. The second-order valence-electron chi connectivity index (χ2n) is 16.7. The number of aryl methyl sites for hydroxylation is 2. The number of Topliss-reactive ketones (excluding diaryl/α,β-unsaturated/α-hetero) is 2. The molecule has 400 valence electrons. The van der Waals surface area contributed by atoms with Gasteiger partial charge >= 0.3 is 12.4 Å². The Kier molecular flexibility index (Phi) is 18.6. The van der Waals surface area contributed by atoms with Gasteiger partial charge in [-0.2, -0.15) is 39.4 Å². The Morgan fingerprint density at radius 3 is 1.47 bits per heavy atom. The number of sulfonamides is 1. The van der Waals surface area contributed by atoms with Gasteiger partial charge in [-0.1, -0.05) is 0 Å². The molecule has 0 bridgehead atoms. The van der Waals surface area contributed by atoms with E-state index in [0.717, 1.165) is 89.2 Å². The zero-order chi connectivity index (χ0) is 55.0. The fraction of sp³-hybridized carbons (Fsp3) is 0.292. The highest BCUT2D eigenvalue weighted by atomic mass is 35.7. The van der Waals surface area contributed by atoms with Gasteiger partial charge in [0.05, 0.1) is 44.4 Å². The molecule has 2 aliphatic rings. The normalized spacial score (nSPS) is 18.1. The van der Waals surface area contributed by atoms with Crippen LogP contribution in [0, 0.1) is 23.5 Å². The summed E-state index contributed by atoms with van der Waals surface area (Å²) < 4.78 is 205. The molecule has 0 spiro atoms. The molecule has 12 nitrogen and oxygen atoms in total. The molecule has 0 radical (unpaired) electrons. The first-order chi connectivity index (χ1) is 35.1. The van der Waals surface area contributed by atoms with Crippen LogP contribution in [0.4, 0.5) is 52.7 Å². The van der Waals surface area contributed by atoms with Crippen molar-refractivity contribution in [3.63, 3.8) is 0 Å². The van der Waals surface area contributed by atoms with Gasteiger partial charge in [-0.05, 0) is 97.8 Å². The van der Waals surface area contributed by atoms with E-state index in [1.165, 1.54) is 12.1 Å². The van der Waals surface area contributed by atoms with E-state index < -0.39 is 103 Å². The Balaban J connectivity index is 0.000000209. The summed E-state index contributed by atoms with van der Waals surface area (Å²) in [7, 11) is -3.04. The van der Waals surface area contributed by atoms with Gasteiger partial charge in [0.1, 0.15) is 29.8 Å². The van der Waals surface area contributed by atoms with Crippen LogP contribution in [0.1, 0.15) is 48.2 Å². The molecular formula is C48H39ClF12N6O6S2. The number of carbonyl (C=O) groups excluding carboxylic acids is 2. The largest absolute Gasteiger partial charge is 0.417 e. The molecule has 6 heterocycles. The standard InChI is InChI=1S/C24H19F6N3O3S.C18H16F5N3O.C6H4ClFO2S/c25-16-2-5-19(6-3-16)37(35,36)33-13-17(26)11-21(33)22(34)8-4-18-9-14(10-23(27)32-18)20-7-1-15(12-31-20)24(28,29)30;19-12-7-15(25-9-12)16(27)4-2-13-5-10(6-17(20)26-13)14-3-1-11(8-24-14)18(21,22)23;7-11(9,10)6-3-1-5(8)2-4-6/h1-3,5-7,9-10,12,17,21H,4,8,11,13H2;1,3,5-6,8,12,15,25H,2,4,7,9H2;1-4H/t17-,21+;12-,15+;/m11./s1. The molecule has 6 aromatic rings.